The van der Waals surface area contributed by atoms with Gasteiger partial charge in [-0.2, -0.15) is 0 Å². The Morgan fingerprint density at radius 3 is 2.71 bits per heavy atom. The molecule has 128 valence electrons. The molecule has 0 N–H and O–H groups in total. The van der Waals surface area contributed by atoms with E-state index in [1.165, 1.54) is 18.2 Å². The average Bonchev–Trinajstić information content (AvgIpc) is 2.60. The molecule has 0 radical (unpaired) electrons. The van der Waals surface area contributed by atoms with Crippen LogP contribution in [0, 0.1) is 16.0 Å². The van der Waals surface area contributed by atoms with Crippen LogP contribution in [0.25, 0.3) is 6.08 Å². The van der Waals surface area contributed by atoms with Crippen LogP contribution in [0.3, 0.4) is 0 Å². The van der Waals surface area contributed by atoms with Crippen molar-refractivity contribution in [1.29, 1.82) is 0 Å². The molecule has 1 fully saturated rings. The maximum absolute atomic E-state index is 12.2. The first-order valence-electron chi connectivity index (χ1n) is 7.89. The summed E-state index contributed by atoms with van der Waals surface area (Å²) in [5.74, 6) is -0.504. The monoisotopic (exact) mass is 332 g/mol. The van der Waals surface area contributed by atoms with Crippen LogP contribution in [-0.4, -0.2) is 41.4 Å². The molecule has 1 aromatic rings. The SMILES string of the molecule is CCOC(=O)C1CCN(C(=O)C=Cc2cccc([N+](=O)[O-])c2)CC1. The molecule has 24 heavy (non-hydrogen) atoms. The standard InChI is InChI=1S/C17H20N2O5/c1-2-24-17(21)14-8-10-18(11-9-14)16(20)7-6-13-4-3-5-15(12-13)19(22)23/h3-7,12,14H,2,8-11H2,1H3. The average molecular weight is 332 g/mol. The summed E-state index contributed by atoms with van der Waals surface area (Å²) in [4.78, 5) is 35.8. The molecule has 1 amide bonds. The van der Waals surface area contributed by atoms with Gasteiger partial charge in [0.15, 0.2) is 0 Å². The van der Waals surface area contributed by atoms with Crippen molar-refractivity contribution in [3.63, 3.8) is 0 Å². The van der Waals surface area contributed by atoms with Crippen molar-refractivity contribution in [3.8, 4) is 0 Å². The molecule has 0 atom stereocenters. The number of carbonyl (C=O) groups is 2. The maximum Gasteiger partial charge on any atom is 0.309 e. The second-order valence-corrected chi connectivity index (χ2v) is 5.54. The van der Waals surface area contributed by atoms with Crippen molar-refractivity contribution < 1.29 is 19.2 Å². The fraction of sp³-hybridized carbons (Fsp3) is 0.412. The number of likely N-dealkylation sites (tertiary alicyclic amines) is 1. The van der Waals surface area contributed by atoms with E-state index in [1.807, 2.05) is 0 Å². The number of carbonyl (C=O) groups excluding carboxylic acids is 2. The van der Waals surface area contributed by atoms with Crippen LogP contribution in [0.4, 0.5) is 5.69 Å². The first-order valence-corrected chi connectivity index (χ1v) is 7.89. The molecule has 1 saturated heterocycles. The highest BCUT2D eigenvalue weighted by Gasteiger charge is 2.27. The van der Waals surface area contributed by atoms with E-state index in [4.69, 9.17) is 4.74 Å². The number of hydrogen-bond donors (Lipinski definition) is 0. The molecular weight excluding hydrogens is 312 g/mol. The minimum absolute atomic E-state index is 0.0140. The van der Waals surface area contributed by atoms with Gasteiger partial charge >= 0.3 is 5.97 Å². The molecule has 7 heteroatoms. The lowest BCUT2D eigenvalue weighted by molar-refractivity contribution is -0.384. The molecule has 0 bridgehead atoms. The van der Waals surface area contributed by atoms with Gasteiger partial charge in [-0.25, -0.2) is 0 Å². The van der Waals surface area contributed by atoms with Gasteiger partial charge in [0.05, 0.1) is 17.4 Å². The summed E-state index contributed by atoms with van der Waals surface area (Å²) in [6.45, 7) is 3.14. The minimum Gasteiger partial charge on any atom is -0.466 e. The fourth-order valence-corrected chi connectivity index (χ4v) is 2.61. The van der Waals surface area contributed by atoms with Crippen molar-refractivity contribution in [2.45, 2.75) is 19.8 Å². The summed E-state index contributed by atoms with van der Waals surface area (Å²) in [5, 5.41) is 10.7. The van der Waals surface area contributed by atoms with Gasteiger partial charge in [-0.3, -0.25) is 19.7 Å². The molecule has 0 unspecified atom stereocenters. The Bertz CT molecular complexity index is 648. The third-order valence-electron chi connectivity index (χ3n) is 3.93. The maximum atomic E-state index is 12.2. The summed E-state index contributed by atoms with van der Waals surface area (Å²) < 4.78 is 5.00. The van der Waals surface area contributed by atoms with E-state index >= 15 is 0 Å². The zero-order chi connectivity index (χ0) is 17.5. The quantitative estimate of drug-likeness (QED) is 0.357. The number of piperidine rings is 1. The van der Waals surface area contributed by atoms with Gasteiger partial charge in [-0.1, -0.05) is 12.1 Å². The number of non-ortho nitro benzene ring substituents is 1. The Hall–Kier alpha value is -2.70. The Kier molecular flexibility index (Phi) is 6.06. The summed E-state index contributed by atoms with van der Waals surface area (Å²) in [5.41, 5.74) is 0.582. The topological polar surface area (TPSA) is 89.8 Å². The second-order valence-electron chi connectivity index (χ2n) is 5.54. The highest BCUT2D eigenvalue weighted by Crippen LogP contribution is 2.19. The van der Waals surface area contributed by atoms with E-state index in [2.05, 4.69) is 0 Å². The van der Waals surface area contributed by atoms with E-state index in [0.29, 0.717) is 38.1 Å². The molecule has 2 rings (SSSR count). The van der Waals surface area contributed by atoms with Gasteiger partial charge in [0.2, 0.25) is 5.91 Å². The van der Waals surface area contributed by atoms with Crippen LogP contribution in [0.5, 0.6) is 0 Å². The molecule has 0 aromatic heterocycles. The molecule has 7 nitrogen and oxygen atoms in total. The highest BCUT2D eigenvalue weighted by molar-refractivity contribution is 5.92. The first kappa shape index (κ1) is 17.7. The minimum atomic E-state index is -0.473. The smallest absolute Gasteiger partial charge is 0.309 e. The van der Waals surface area contributed by atoms with Crippen molar-refractivity contribution in [3.05, 3.63) is 46.0 Å². The summed E-state index contributed by atoms with van der Waals surface area (Å²) in [7, 11) is 0. The number of benzene rings is 1. The fourth-order valence-electron chi connectivity index (χ4n) is 2.61. The zero-order valence-corrected chi connectivity index (χ0v) is 13.5. The third kappa shape index (κ3) is 4.65. The molecule has 0 aliphatic carbocycles. The Labute approximate surface area is 140 Å². The molecular formula is C17H20N2O5. The molecule has 1 heterocycles. The van der Waals surface area contributed by atoms with Gasteiger partial charge in [0, 0.05) is 31.3 Å². The van der Waals surface area contributed by atoms with Crippen LogP contribution >= 0.6 is 0 Å². The molecule has 0 saturated carbocycles. The van der Waals surface area contributed by atoms with Crippen molar-refractivity contribution >= 4 is 23.6 Å². The second kappa shape index (κ2) is 8.24. The van der Waals surface area contributed by atoms with Crippen LogP contribution in [0.2, 0.25) is 0 Å². The Balaban J connectivity index is 1.90. The molecule has 0 spiro atoms. The summed E-state index contributed by atoms with van der Waals surface area (Å²) in [6, 6.07) is 6.09. The predicted molar refractivity (Wildman–Crippen MR) is 88.1 cm³/mol. The largest absolute Gasteiger partial charge is 0.466 e. The number of amides is 1. The Morgan fingerprint density at radius 1 is 1.38 bits per heavy atom. The van der Waals surface area contributed by atoms with Crippen molar-refractivity contribution in [2.24, 2.45) is 5.92 Å². The molecule has 1 aromatic carbocycles. The normalized spacial score (nSPS) is 15.5. The summed E-state index contributed by atoms with van der Waals surface area (Å²) >= 11 is 0. The van der Waals surface area contributed by atoms with E-state index in [1.54, 1.807) is 30.0 Å². The summed E-state index contributed by atoms with van der Waals surface area (Å²) in [6.07, 6.45) is 4.15. The van der Waals surface area contributed by atoms with E-state index < -0.39 is 4.92 Å². The molecule has 1 aliphatic heterocycles. The van der Waals surface area contributed by atoms with Crippen LogP contribution in [0.15, 0.2) is 30.3 Å². The third-order valence-corrected chi connectivity index (χ3v) is 3.93. The van der Waals surface area contributed by atoms with Gasteiger partial charge in [0.25, 0.3) is 5.69 Å². The lowest BCUT2D eigenvalue weighted by atomic mass is 9.97. The molecule has 1 aliphatic rings. The number of nitro benzene ring substituents is 1. The van der Waals surface area contributed by atoms with E-state index in [0.717, 1.165) is 0 Å². The predicted octanol–water partition coefficient (Wildman–Crippen LogP) is 2.41. The zero-order valence-electron chi connectivity index (χ0n) is 13.5. The lowest BCUT2D eigenvalue weighted by Gasteiger charge is -2.30. The van der Waals surface area contributed by atoms with Gasteiger partial charge < -0.3 is 9.64 Å². The van der Waals surface area contributed by atoms with Gasteiger partial charge in [-0.15, -0.1) is 0 Å². The highest BCUT2D eigenvalue weighted by atomic mass is 16.6. The number of nitro groups is 1. The number of ether oxygens (including phenoxy) is 1. The van der Waals surface area contributed by atoms with Crippen molar-refractivity contribution in [1.82, 2.24) is 4.90 Å². The Morgan fingerprint density at radius 2 is 2.08 bits per heavy atom. The van der Waals surface area contributed by atoms with Crippen LogP contribution in [0.1, 0.15) is 25.3 Å². The van der Waals surface area contributed by atoms with Gasteiger partial charge in [-0.05, 0) is 31.4 Å². The van der Waals surface area contributed by atoms with Crippen molar-refractivity contribution in [2.75, 3.05) is 19.7 Å². The number of esters is 1. The lowest BCUT2D eigenvalue weighted by Crippen LogP contribution is -2.39. The van der Waals surface area contributed by atoms with E-state index in [-0.39, 0.29) is 23.5 Å². The number of rotatable bonds is 5. The van der Waals surface area contributed by atoms with Gasteiger partial charge in [0.1, 0.15) is 0 Å². The number of hydrogen-bond acceptors (Lipinski definition) is 5. The van der Waals surface area contributed by atoms with Crippen LogP contribution in [-0.2, 0) is 14.3 Å². The van der Waals surface area contributed by atoms with Crippen LogP contribution < -0.4 is 0 Å². The number of nitrogens with zero attached hydrogens (tertiary/aromatic N) is 2. The first-order chi connectivity index (χ1) is 11.5. The van der Waals surface area contributed by atoms with E-state index in [9.17, 15) is 19.7 Å².